The number of halogens is 1. The van der Waals surface area contributed by atoms with E-state index in [0.717, 1.165) is 24.2 Å². The summed E-state index contributed by atoms with van der Waals surface area (Å²) in [7, 11) is 0. The lowest BCUT2D eigenvalue weighted by molar-refractivity contribution is -0.118. The lowest BCUT2D eigenvalue weighted by atomic mass is 10.2. The fourth-order valence-electron chi connectivity index (χ4n) is 1.66. The van der Waals surface area contributed by atoms with Crippen LogP contribution < -0.4 is 5.32 Å². The van der Waals surface area contributed by atoms with Crippen LogP contribution in [0.1, 0.15) is 19.0 Å². The predicted molar refractivity (Wildman–Crippen MR) is 86.4 cm³/mol. The Morgan fingerprint density at radius 2 is 2.14 bits per heavy atom. The molecule has 0 saturated carbocycles. The minimum atomic E-state index is 0.0586. The van der Waals surface area contributed by atoms with Crippen molar-refractivity contribution in [2.75, 3.05) is 12.3 Å². The lowest BCUT2D eigenvalue weighted by Gasteiger charge is -2.01. The third kappa shape index (κ3) is 5.10. The van der Waals surface area contributed by atoms with Crippen molar-refractivity contribution in [3.8, 4) is 11.5 Å². The Hall–Kier alpha value is -1.46. The molecule has 2 aromatic rings. The first-order valence-corrected chi connectivity index (χ1v) is 8.27. The van der Waals surface area contributed by atoms with E-state index in [1.54, 1.807) is 18.4 Å². The van der Waals surface area contributed by atoms with Crippen LogP contribution in [-0.4, -0.2) is 23.2 Å². The largest absolute Gasteiger partial charge is 0.444 e. The highest BCUT2D eigenvalue weighted by Gasteiger charge is 2.08. The van der Waals surface area contributed by atoms with E-state index in [2.05, 4.69) is 10.3 Å². The Balaban J connectivity index is 1.83. The number of nitrogens with zero attached hydrogens (tertiary/aromatic N) is 1. The van der Waals surface area contributed by atoms with Crippen LogP contribution in [0.25, 0.3) is 11.5 Å². The number of oxazole rings is 1. The standard InChI is InChI=1S/C15H17ClN2O2S/c1-2-7-17-14(19)10-21-9-13-8-20-15(18-13)11-3-5-12(16)6-4-11/h3-6,8H,2,7,9-10H2,1H3,(H,17,19). The second-order valence-electron chi connectivity index (χ2n) is 4.49. The van der Waals surface area contributed by atoms with Gasteiger partial charge in [-0.05, 0) is 30.7 Å². The van der Waals surface area contributed by atoms with Gasteiger partial charge in [0, 0.05) is 22.9 Å². The van der Waals surface area contributed by atoms with Gasteiger partial charge in [-0.15, -0.1) is 11.8 Å². The minimum Gasteiger partial charge on any atom is -0.444 e. The molecule has 0 fully saturated rings. The van der Waals surface area contributed by atoms with Crippen molar-refractivity contribution >= 4 is 29.3 Å². The Morgan fingerprint density at radius 3 is 2.86 bits per heavy atom. The molecule has 0 aliphatic rings. The number of hydrogen-bond acceptors (Lipinski definition) is 4. The summed E-state index contributed by atoms with van der Waals surface area (Å²) in [5.41, 5.74) is 1.71. The Labute approximate surface area is 133 Å². The van der Waals surface area contributed by atoms with E-state index in [1.165, 1.54) is 11.8 Å². The van der Waals surface area contributed by atoms with Gasteiger partial charge < -0.3 is 9.73 Å². The first-order valence-electron chi connectivity index (χ1n) is 6.74. The highest BCUT2D eigenvalue weighted by molar-refractivity contribution is 7.99. The number of thioether (sulfide) groups is 1. The maximum atomic E-state index is 11.5. The highest BCUT2D eigenvalue weighted by atomic mass is 35.5. The summed E-state index contributed by atoms with van der Waals surface area (Å²) in [6, 6.07) is 7.33. The zero-order valence-electron chi connectivity index (χ0n) is 11.8. The summed E-state index contributed by atoms with van der Waals surface area (Å²) in [5, 5.41) is 3.52. The minimum absolute atomic E-state index is 0.0586. The van der Waals surface area contributed by atoms with Gasteiger partial charge in [0.25, 0.3) is 0 Å². The van der Waals surface area contributed by atoms with E-state index in [9.17, 15) is 4.79 Å². The van der Waals surface area contributed by atoms with Gasteiger partial charge in [0.05, 0.1) is 11.4 Å². The topological polar surface area (TPSA) is 55.1 Å². The number of carbonyl (C=O) groups is 1. The van der Waals surface area contributed by atoms with Gasteiger partial charge in [-0.2, -0.15) is 0 Å². The smallest absolute Gasteiger partial charge is 0.230 e. The summed E-state index contributed by atoms with van der Waals surface area (Å²) in [5.74, 6) is 1.71. The average molecular weight is 325 g/mol. The summed E-state index contributed by atoms with van der Waals surface area (Å²) in [4.78, 5) is 15.9. The first kappa shape index (κ1) is 15.9. The normalized spacial score (nSPS) is 10.6. The number of carbonyl (C=O) groups excluding carboxylic acids is 1. The first-order chi connectivity index (χ1) is 10.2. The fraction of sp³-hybridized carbons (Fsp3) is 0.333. The van der Waals surface area contributed by atoms with Crippen LogP contribution in [0, 0.1) is 0 Å². The fourth-order valence-corrected chi connectivity index (χ4v) is 2.52. The van der Waals surface area contributed by atoms with Crippen LogP contribution in [0.15, 0.2) is 34.9 Å². The van der Waals surface area contributed by atoms with Crippen LogP contribution in [-0.2, 0) is 10.5 Å². The maximum absolute atomic E-state index is 11.5. The number of hydrogen-bond donors (Lipinski definition) is 1. The zero-order valence-corrected chi connectivity index (χ0v) is 13.3. The van der Waals surface area contributed by atoms with Gasteiger partial charge in [-0.3, -0.25) is 4.79 Å². The van der Waals surface area contributed by atoms with Crippen molar-refractivity contribution < 1.29 is 9.21 Å². The maximum Gasteiger partial charge on any atom is 0.230 e. The molecule has 6 heteroatoms. The van der Waals surface area contributed by atoms with E-state index in [4.69, 9.17) is 16.0 Å². The molecular weight excluding hydrogens is 308 g/mol. The number of aromatic nitrogens is 1. The molecule has 2 rings (SSSR count). The van der Waals surface area contributed by atoms with Crippen LogP contribution in [0.5, 0.6) is 0 Å². The van der Waals surface area contributed by atoms with Gasteiger partial charge in [-0.1, -0.05) is 18.5 Å². The van der Waals surface area contributed by atoms with Crippen molar-refractivity contribution in [2.24, 2.45) is 0 Å². The molecule has 0 aliphatic heterocycles. The van der Waals surface area contributed by atoms with Crippen molar-refractivity contribution in [2.45, 2.75) is 19.1 Å². The van der Waals surface area contributed by atoms with E-state index >= 15 is 0 Å². The van der Waals surface area contributed by atoms with Crippen LogP contribution in [0.2, 0.25) is 5.02 Å². The Kier molecular flexibility index (Phi) is 6.14. The molecule has 1 N–H and O–H groups in total. The molecule has 0 aliphatic carbocycles. The highest BCUT2D eigenvalue weighted by Crippen LogP contribution is 2.22. The van der Waals surface area contributed by atoms with E-state index in [0.29, 0.717) is 22.4 Å². The molecule has 0 saturated heterocycles. The van der Waals surface area contributed by atoms with Gasteiger partial charge in [-0.25, -0.2) is 4.98 Å². The van der Waals surface area contributed by atoms with Crippen LogP contribution in [0.3, 0.4) is 0 Å². The SMILES string of the molecule is CCCNC(=O)CSCc1coc(-c2ccc(Cl)cc2)n1. The zero-order chi connectivity index (χ0) is 15.1. The van der Waals surface area contributed by atoms with Crippen molar-refractivity contribution in [3.05, 3.63) is 41.2 Å². The molecule has 21 heavy (non-hydrogen) atoms. The quantitative estimate of drug-likeness (QED) is 0.842. The molecule has 4 nitrogen and oxygen atoms in total. The van der Waals surface area contributed by atoms with Gasteiger partial charge in [0.1, 0.15) is 6.26 Å². The molecule has 1 aromatic carbocycles. The van der Waals surface area contributed by atoms with Gasteiger partial charge in [0.2, 0.25) is 11.8 Å². The predicted octanol–water partition coefficient (Wildman–Crippen LogP) is 3.75. The average Bonchev–Trinajstić information content (AvgIpc) is 2.95. The van der Waals surface area contributed by atoms with Crippen LogP contribution in [0.4, 0.5) is 0 Å². The molecule has 1 amide bonds. The molecule has 1 heterocycles. The third-order valence-electron chi connectivity index (χ3n) is 2.70. The van der Waals surface area contributed by atoms with Gasteiger partial charge >= 0.3 is 0 Å². The molecular formula is C15H17ClN2O2S. The van der Waals surface area contributed by atoms with E-state index in [-0.39, 0.29) is 5.91 Å². The second-order valence-corrected chi connectivity index (χ2v) is 5.92. The molecule has 0 bridgehead atoms. The number of nitrogens with one attached hydrogen (secondary N) is 1. The molecule has 112 valence electrons. The van der Waals surface area contributed by atoms with Gasteiger partial charge in [0.15, 0.2) is 0 Å². The number of rotatable bonds is 7. The molecule has 0 spiro atoms. The monoisotopic (exact) mass is 324 g/mol. The molecule has 0 unspecified atom stereocenters. The third-order valence-corrected chi connectivity index (χ3v) is 3.92. The Morgan fingerprint density at radius 1 is 1.38 bits per heavy atom. The molecule has 0 radical (unpaired) electrons. The van der Waals surface area contributed by atoms with Crippen LogP contribution >= 0.6 is 23.4 Å². The number of benzene rings is 1. The van der Waals surface area contributed by atoms with E-state index in [1.807, 2.05) is 19.1 Å². The summed E-state index contributed by atoms with van der Waals surface area (Å²) < 4.78 is 5.44. The van der Waals surface area contributed by atoms with Crippen molar-refractivity contribution in [1.29, 1.82) is 0 Å². The summed E-state index contributed by atoms with van der Waals surface area (Å²) in [6.45, 7) is 2.76. The molecule has 0 atom stereocenters. The lowest BCUT2D eigenvalue weighted by Crippen LogP contribution is -2.25. The summed E-state index contributed by atoms with van der Waals surface area (Å²) >= 11 is 7.37. The Bertz CT molecular complexity index is 584. The van der Waals surface area contributed by atoms with Crippen molar-refractivity contribution in [1.82, 2.24) is 10.3 Å². The summed E-state index contributed by atoms with van der Waals surface area (Å²) in [6.07, 6.45) is 2.57. The van der Waals surface area contributed by atoms with E-state index < -0.39 is 0 Å². The van der Waals surface area contributed by atoms with Crippen molar-refractivity contribution in [3.63, 3.8) is 0 Å². The second kappa shape index (κ2) is 8.10. The molecule has 1 aromatic heterocycles. The number of amides is 1.